The minimum Gasteiger partial charge on any atom is -0.494 e. The van der Waals surface area contributed by atoms with E-state index in [2.05, 4.69) is 0 Å². The molecule has 86 valence electrons. The second-order valence-corrected chi connectivity index (χ2v) is 4.45. The first-order valence-corrected chi connectivity index (χ1v) is 5.54. The number of hydrogen-bond donors (Lipinski definition) is 1. The fraction of sp³-hybridized carbons (Fsp3) is 0.462. The van der Waals surface area contributed by atoms with Gasteiger partial charge in [-0.25, -0.2) is 0 Å². The third-order valence-corrected chi connectivity index (χ3v) is 3.32. The Labute approximate surface area is 95.0 Å². The molecular weight excluding hydrogens is 204 g/mol. The molecule has 2 unspecified atom stereocenters. The molecule has 0 radical (unpaired) electrons. The molecule has 1 fully saturated rings. The molecule has 0 aliphatic heterocycles. The number of rotatable bonds is 4. The van der Waals surface area contributed by atoms with E-state index in [9.17, 15) is 4.79 Å². The summed E-state index contributed by atoms with van der Waals surface area (Å²) in [4.78, 5) is 11.1. The average molecular weight is 220 g/mol. The van der Waals surface area contributed by atoms with Crippen LogP contribution in [0.15, 0.2) is 24.3 Å². The summed E-state index contributed by atoms with van der Waals surface area (Å²) in [6, 6.07) is 7.71. The van der Waals surface area contributed by atoms with Gasteiger partial charge in [-0.05, 0) is 31.9 Å². The Hall–Kier alpha value is -1.51. The van der Waals surface area contributed by atoms with E-state index in [0.29, 0.717) is 13.0 Å². The third kappa shape index (κ3) is 1.66. The van der Waals surface area contributed by atoms with Gasteiger partial charge in [0.2, 0.25) is 0 Å². The van der Waals surface area contributed by atoms with Gasteiger partial charge < -0.3 is 9.84 Å². The lowest BCUT2D eigenvalue weighted by molar-refractivity contribution is -0.142. The molecule has 1 aromatic carbocycles. The van der Waals surface area contributed by atoms with Crippen LogP contribution in [0.3, 0.4) is 0 Å². The molecule has 16 heavy (non-hydrogen) atoms. The van der Waals surface area contributed by atoms with E-state index in [4.69, 9.17) is 9.84 Å². The molecular formula is C13H16O3. The standard InChI is InChI=1S/C13H16O3/c1-3-16-11-7-5-4-6-9(11)10-8-13(10,2)12(14)15/h4-7,10H,3,8H2,1-2H3,(H,14,15). The Morgan fingerprint density at radius 1 is 1.56 bits per heavy atom. The number of aliphatic carboxylic acids is 1. The van der Waals surface area contributed by atoms with Crippen LogP contribution in [-0.2, 0) is 4.79 Å². The second-order valence-electron chi connectivity index (χ2n) is 4.45. The van der Waals surface area contributed by atoms with Crippen LogP contribution < -0.4 is 4.74 Å². The van der Waals surface area contributed by atoms with Crippen LogP contribution in [0.25, 0.3) is 0 Å². The Kier molecular flexibility index (Phi) is 2.62. The van der Waals surface area contributed by atoms with Crippen LogP contribution >= 0.6 is 0 Å². The summed E-state index contributed by atoms with van der Waals surface area (Å²) in [6.07, 6.45) is 0.701. The summed E-state index contributed by atoms with van der Waals surface area (Å²) < 4.78 is 5.52. The minimum atomic E-state index is -0.719. The highest BCUT2D eigenvalue weighted by Crippen LogP contribution is 2.60. The summed E-state index contributed by atoms with van der Waals surface area (Å²) in [7, 11) is 0. The van der Waals surface area contributed by atoms with E-state index in [1.54, 1.807) is 6.92 Å². The van der Waals surface area contributed by atoms with Crippen molar-refractivity contribution in [3.63, 3.8) is 0 Å². The molecule has 1 saturated carbocycles. The van der Waals surface area contributed by atoms with Gasteiger partial charge in [0.1, 0.15) is 5.75 Å². The third-order valence-electron chi connectivity index (χ3n) is 3.32. The van der Waals surface area contributed by atoms with Crippen molar-refractivity contribution in [3.8, 4) is 5.75 Å². The second kappa shape index (κ2) is 3.81. The van der Waals surface area contributed by atoms with Crippen LogP contribution in [0.4, 0.5) is 0 Å². The number of ether oxygens (including phenoxy) is 1. The number of carboxylic acids is 1. The molecule has 1 aliphatic carbocycles. The fourth-order valence-corrected chi connectivity index (χ4v) is 2.11. The first-order chi connectivity index (χ1) is 7.59. The first kappa shape index (κ1) is 11.0. The maximum absolute atomic E-state index is 11.1. The maximum Gasteiger partial charge on any atom is 0.309 e. The van der Waals surface area contributed by atoms with Crippen molar-refractivity contribution in [3.05, 3.63) is 29.8 Å². The zero-order valence-electron chi connectivity index (χ0n) is 9.56. The lowest BCUT2D eigenvalue weighted by Crippen LogP contribution is -2.12. The summed E-state index contributed by atoms with van der Waals surface area (Å²) in [5, 5.41) is 9.12. The van der Waals surface area contributed by atoms with Crippen LogP contribution in [-0.4, -0.2) is 17.7 Å². The molecule has 0 aromatic heterocycles. The van der Waals surface area contributed by atoms with Crippen LogP contribution in [0.5, 0.6) is 5.75 Å². The Balaban J connectivity index is 2.26. The van der Waals surface area contributed by atoms with Gasteiger partial charge in [0.25, 0.3) is 0 Å². The van der Waals surface area contributed by atoms with Crippen LogP contribution in [0.2, 0.25) is 0 Å². The van der Waals surface area contributed by atoms with E-state index in [1.165, 1.54) is 0 Å². The van der Waals surface area contributed by atoms with Crippen molar-refractivity contribution in [1.29, 1.82) is 0 Å². The number of hydrogen-bond acceptors (Lipinski definition) is 2. The topological polar surface area (TPSA) is 46.5 Å². The Bertz CT molecular complexity index is 413. The molecule has 1 N–H and O–H groups in total. The van der Waals surface area contributed by atoms with Gasteiger partial charge in [-0.2, -0.15) is 0 Å². The average Bonchev–Trinajstić information content (AvgIpc) is 2.94. The smallest absolute Gasteiger partial charge is 0.309 e. The summed E-state index contributed by atoms with van der Waals surface area (Å²) in [5.74, 6) is 0.191. The maximum atomic E-state index is 11.1. The molecule has 0 saturated heterocycles. The highest BCUT2D eigenvalue weighted by molar-refractivity contribution is 5.80. The van der Waals surface area contributed by atoms with Gasteiger partial charge in [0, 0.05) is 5.92 Å². The predicted octanol–water partition coefficient (Wildman–Crippen LogP) is 2.66. The SMILES string of the molecule is CCOc1ccccc1C1CC1(C)C(=O)O. The van der Waals surface area contributed by atoms with E-state index in [-0.39, 0.29) is 5.92 Å². The van der Waals surface area contributed by atoms with Gasteiger partial charge in [0.15, 0.2) is 0 Å². The predicted molar refractivity (Wildman–Crippen MR) is 60.7 cm³/mol. The lowest BCUT2D eigenvalue weighted by atomic mass is 10.0. The van der Waals surface area contributed by atoms with Crippen LogP contribution in [0, 0.1) is 5.41 Å². The molecule has 0 heterocycles. The molecule has 2 atom stereocenters. The van der Waals surface area contributed by atoms with Crippen molar-refractivity contribution >= 4 is 5.97 Å². The molecule has 2 rings (SSSR count). The largest absolute Gasteiger partial charge is 0.494 e. The number of benzene rings is 1. The normalized spacial score (nSPS) is 27.5. The molecule has 1 aromatic rings. The van der Waals surface area contributed by atoms with Crippen molar-refractivity contribution in [2.75, 3.05) is 6.61 Å². The van der Waals surface area contributed by atoms with E-state index in [1.807, 2.05) is 31.2 Å². The molecule has 0 amide bonds. The van der Waals surface area contributed by atoms with Crippen LogP contribution in [0.1, 0.15) is 31.7 Å². The Morgan fingerprint density at radius 3 is 2.81 bits per heavy atom. The van der Waals surface area contributed by atoms with E-state index in [0.717, 1.165) is 11.3 Å². The van der Waals surface area contributed by atoms with Gasteiger partial charge in [-0.3, -0.25) is 4.79 Å². The highest BCUT2D eigenvalue weighted by Gasteiger charge is 2.57. The molecule has 0 bridgehead atoms. The fourth-order valence-electron chi connectivity index (χ4n) is 2.11. The molecule has 3 nitrogen and oxygen atoms in total. The zero-order valence-corrected chi connectivity index (χ0v) is 9.56. The van der Waals surface area contributed by atoms with Gasteiger partial charge in [-0.1, -0.05) is 18.2 Å². The number of carboxylic acid groups (broad SMARTS) is 1. The van der Waals surface area contributed by atoms with Gasteiger partial charge in [-0.15, -0.1) is 0 Å². The quantitative estimate of drug-likeness (QED) is 0.848. The summed E-state index contributed by atoms with van der Waals surface area (Å²) >= 11 is 0. The summed E-state index contributed by atoms with van der Waals surface area (Å²) in [5.41, 5.74) is 0.418. The van der Waals surface area contributed by atoms with Gasteiger partial charge in [0.05, 0.1) is 12.0 Å². The molecule has 3 heteroatoms. The zero-order chi connectivity index (χ0) is 11.8. The highest BCUT2D eigenvalue weighted by atomic mass is 16.5. The summed E-state index contributed by atoms with van der Waals surface area (Å²) in [6.45, 7) is 4.33. The first-order valence-electron chi connectivity index (χ1n) is 5.54. The number of carbonyl (C=O) groups is 1. The van der Waals surface area contributed by atoms with Crippen molar-refractivity contribution in [1.82, 2.24) is 0 Å². The lowest BCUT2D eigenvalue weighted by Gasteiger charge is -2.11. The van der Waals surface area contributed by atoms with Gasteiger partial charge >= 0.3 is 5.97 Å². The van der Waals surface area contributed by atoms with Crippen molar-refractivity contribution in [2.45, 2.75) is 26.2 Å². The number of para-hydroxylation sites is 1. The van der Waals surface area contributed by atoms with Crippen molar-refractivity contribution in [2.24, 2.45) is 5.41 Å². The van der Waals surface area contributed by atoms with E-state index >= 15 is 0 Å². The minimum absolute atomic E-state index is 0.0905. The Morgan fingerprint density at radius 2 is 2.25 bits per heavy atom. The molecule has 0 spiro atoms. The monoisotopic (exact) mass is 220 g/mol. The van der Waals surface area contributed by atoms with E-state index < -0.39 is 11.4 Å². The molecule has 1 aliphatic rings. The van der Waals surface area contributed by atoms with Crippen molar-refractivity contribution < 1.29 is 14.6 Å².